The fourth-order valence-corrected chi connectivity index (χ4v) is 8.74. The zero-order valence-corrected chi connectivity index (χ0v) is 39.6. The molecule has 16 heteroatoms. The minimum Gasteiger partial charge on any atom is -0.478 e. The molecule has 0 atom stereocenters. The van der Waals surface area contributed by atoms with E-state index in [2.05, 4.69) is 111 Å². The number of halogens is 4. The highest BCUT2D eigenvalue weighted by atomic mass is 127. The van der Waals surface area contributed by atoms with Crippen molar-refractivity contribution >= 4 is 126 Å². The molecule has 0 aliphatic rings. The van der Waals surface area contributed by atoms with E-state index in [1.807, 2.05) is 32.9 Å². The molecule has 0 aliphatic heterocycles. The molecule has 0 bridgehead atoms. The van der Waals surface area contributed by atoms with Gasteiger partial charge in [-0.1, -0.05) is 0 Å². The van der Waals surface area contributed by atoms with Crippen LogP contribution in [0.1, 0.15) is 107 Å². The van der Waals surface area contributed by atoms with Crippen molar-refractivity contribution in [3.8, 4) is 0 Å². The van der Waals surface area contributed by atoms with Crippen molar-refractivity contribution < 1.29 is 38.5 Å². The lowest BCUT2D eigenvalue weighted by Gasteiger charge is -2.19. The summed E-state index contributed by atoms with van der Waals surface area (Å²) in [4.78, 5) is 54.9. The number of esters is 1. The molecule has 3 N–H and O–H groups in total. The third-order valence-electron chi connectivity index (χ3n) is 6.27. The second-order valence-corrected chi connectivity index (χ2v) is 17.9. The molecule has 0 saturated heterocycles. The molecule has 0 spiro atoms. The Kier molecular flexibility index (Phi) is 21.5. The monoisotopic (exact) mass is 1170 g/mol. The Bertz CT molecular complexity index is 1590. The third kappa shape index (κ3) is 20.0. The van der Waals surface area contributed by atoms with Gasteiger partial charge in [0.05, 0.1) is 17.7 Å². The number of carboxylic acid groups (broad SMARTS) is 1. The Balaban J connectivity index is 0.000000522. The first-order valence-corrected chi connectivity index (χ1v) is 20.7. The summed E-state index contributed by atoms with van der Waals surface area (Å²) in [6, 6.07) is 7.07. The van der Waals surface area contributed by atoms with E-state index in [1.54, 1.807) is 53.7 Å². The molecular formula is C36H48I4N4O8. The number of amidine groups is 2. The molecule has 2 aromatic carbocycles. The van der Waals surface area contributed by atoms with E-state index in [0.29, 0.717) is 42.5 Å². The second kappa shape index (κ2) is 23.2. The highest BCUT2D eigenvalue weighted by Crippen LogP contribution is 2.25. The smallest absolute Gasteiger partial charge is 0.413 e. The molecule has 0 unspecified atom stereocenters. The van der Waals surface area contributed by atoms with Crippen LogP contribution < -0.4 is 10.6 Å². The number of amides is 2. The Labute approximate surface area is 361 Å². The van der Waals surface area contributed by atoms with Gasteiger partial charge < -0.3 is 19.3 Å². The van der Waals surface area contributed by atoms with Crippen LogP contribution in [-0.2, 0) is 27.1 Å². The van der Waals surface area contributed by atoms with Gasteiger partial charge in [-0.25, -0.2) is 19.2 Å². The number of carbonyl (C=O) groups excluding carboxylic acids is 3. The standard InChI is InChI=1S/C19H26I2N2O4.C17H22I2N2O4/c1-6-26-17(24)13-10-15(20)14(16(21)11-13)8-7-9-22-12(2)23-18(25)27-19(3,4)5;1-10(21-16(24)25-17(2,3)4)20-7-5-6-12-13(18)8-11(15(22)23)9-14(12)19/h10-11H,6-9H2,1-5H3,(H,22,23,25);8-9H,5-7H2,1-4H3,(H,22,23)(H,20,21,24). The van der Waals surface area contributed by atoms with Crippen molar-refractivity contribution in [2.75, 3.05) is 19.7 Å². The minimum absolute atomic E-state index is 0.298. The molecule has 52 heavy (non-hydrogen) atoms. The minimum atomic E-state index is -0.921. The molecule has 2 rings (SSSR count). The number of hydrogen-bond donors (Lipinski definition) is 3. The predicted molar refractivity (Wildman–Crippen MR) is 238 cm³/mol. The summed E-state index contributed by atoms with van der Waals surface area (Å²) in [7, 11) is 0. The number of aromatic carboxylic acids is 1. The number of carbonyl (C=O) groups is 4. The summed E-state index contributed by atoms with van der Waals surface area (Å²) >= 11 is 8.81. The van der Waals surface area contributed by atoms with E-state index in [-0.39, 0.29) is 5.97 Å². The number of rotatable bonds is 11. The van der Waals surface area contributed by atoms with Crippen molar-refractivity contribution in [1.29, 1.82) is 0 Å². The number of nitrogens with one attached hydrogen (secondary N) is 2. The van der Waals surface area contributed by atoms with Gasteiger partial charge in [-0.2, -0.15) is 0 Å². The van der Waals surface area contributed by atoms with Crippen LogP contribution in [0.3, 0.4) is 0 Å². The van der Waals surface area contributed by atoms with Crippen LogP contribution in [-0.4, -0.2) is 71.8 Å². The lowest BCUT2D eigenvalue weighted by Crippen LogP contribution is -2.35. The molecule has 0 saturated carbocycles. The van der Waals surface area contributed by atoms with Crippen LogP contribution in [0.15, 0.2) is 34.3 Å². The Morgan fingerprint density at radius 3 is 1.33 bits per heavy atom. The molecule has 288 valence electrons. The number of aliphatic imine (C=N–C) groups is 2. The lowest BCUT2D eigenvalue weighted by molar-refractivity contribution is 0.0521. The van der Waals surface area contributed by atoms with Gasteiger partial charge in [0, 0.05) is 27.4 Å². The van der Waals surface area contributed by atoms with Gasteiger partial charge in [0.15, 0.2) is 0 Å². The van der Waals surface area contributed by atoms with Crippen molar-refractivity contribution in [3.05, 3.63) is 60.8 Å². The molecule has 0 aromatic heterocycles. The number of nitrogens with zero attached hydrogens (tertiary/aromatic N) is 2. The maximum atomic E-state index is 11.9. The van der Waals surface area contributed by atoms with Crippen molar-refractivity contribution in [1.82, 2.24) is 10.6 Å². The number of alkyl carbamates (subject to hydrolysis) is 2. The number of carboxylic acids is 1. The summed E-state index contributed by atoms with van der Waals surface area (Å²) in [5.74, 6) is -0.171. The van der Waals surface area contributed by atoms with Crippen LogP contribution in [0.25, 0.3) is 0 Å². The van der Waals surface area contributed by atoms with Gasteiger partial charge in [0.1, 0.15) is 22.9 Å². The zero-order chi connectivity index (χ0) is 39.8. The van der Waals surface area contributed by atoms with Gasteiger partial charge >= 0.3 is 24.1 Å². The second-order valence-electron chi connectivity index (χ2n) is 13.3. The van der Waals surface area contributed by atoms with E-state index in [9.17, 15) is 19.2 Å². The van der Waals surface area contributed by atoms with E-state index in [0.717, 1.165) is 45.5 Å². The van der Waals surface area contributed by atoms with Crippen molar-refractivity contribution in [3.63, 3.8) is 0 Å². The quantitative estimate of drug-likeness (QED) is 0.0500. The van der Waals surface area contributed by atoms with E-state index >= 15 is 0 Å². The van der Waals surface area contributed by atoms with Gasteiger partial charge in [-0.15, -0.1) is 0 Å². The molecular weight excluding hydrogens is 1120 g/mol. The maximum Gasteiger partial charge on any atom is 0.413 e. The molecule has 0 fully saturated rings. The highest BCUT2D eigenvalue weighted by molar-refractivity contribution is 14.1. The summed E-state index contributed by atoms with van der Waals surface area (Å²) in [5, 5.41) is 14.3. The topological polar surface area (TPSA) is 165 Å². The van der Waals surface area contributed by atoms with E-state index in [4.69, 9.17) is 19.3 Å². The van der Waals surface area contributed by atoms with E-state index in [1.165, 1.54) is 5.56 Å². The van der Waals surface area contributed by atoms with Crippen molar-refractivity contribution in [2.45, 2.75) is 99.2 Å². The van der Waals surface area contributed by atoms with Gasteiger partial charge in [-0.3, -0.25) is 20.6 Å². The van der Waals surface area contributed by atoms with Crippen LogP contribution in [0.2, 0.25) is 0 Å². The van der Waals surface area contributed by atoms with Gasteiger partial charge in [0.25, 0.3) is 0 Å². The summed E-state index contributed by atoms with van der Waals surface area (Å²) in [5.41, 5.74) is 2.11. The number of benzene rings is 2. The Hall–Kier alpha value is -1.82. The fourth-order valence-electron chi connectivity index (χ4n) is 4.13. The first-order chi connectivity index (χ1) is 24.0. The normalized spacial score (nSPS) is 11.9. The van der Waals surface area contributed by atoms with Crippen molar-refractivity contribution in [2.24, 2.45) is 9.98 Å². The SMILES string of the molecule is CC(=NCCCc1c(I)cc(C(=O)O)cc1I)NC(=O)OC(C)(C)C.CCOC(=O)c1cc(I)c(CCCN=C(C)NC(=O)OC(C)(C)C)c(I)c1. The highest BCUT2D eigenvalue weighted by Gasteiger charge is 2.18. The average molecular weight is 1170 g/mol. The number of ether oxygens (including phenoxy) is 3. The lowest BCUT2D eigenvalue weighted by atomic mass is 10.1. The van der Waals surface area contributed by atoms with Crippen LogP contribution in [0.4, 0.5) is 9.59 Å². The van der Waals surface area contributed by atoms with Crippen LogP contribution in [0.5, 0.6) is 0 Å². The molecule has 12 nitrogen and oxygen atoms in total. The van der Waals surface area contributed by atoms with Gasteiger partial charge in [0.2, 0.25) is 0 Å². The largest absolute Gasteiger partial charge is 0.478 e. The molecule has 2 amide bonds. The molecule has 0 radical (unpaired) electrons. The Morgan fingerprint density at radius 2 is 1.02 bits per heavy atom. The number of hydrogen-bond acceptors (Lipinski definition) is 9. The first-order valence-electron chi connectivity index (χ1n) is 16.4. The van der Waals surface area contributed by atoms with Crippen LogP contribution in [0, 0.1) is 14.3 Å². The molecule has 2 aromatic rings. The molecule has 0 heterocycles. The first kappa shape index (κ1) is 48.2. The maximum absolute atomic E-state index is 11.9. The molecule has 0 aliphatic carbocycles. The predicted octanol–water partition coefficient (Wildman–Crippen LogP) is 9.42. The summed E-state index contributed by atoms with van der Waals surface area (Å²) in [6.07, 6.45) is 2.25. The zero-order valence-electron chi connectivity index (χ0n) is 31.0. The van der Waals surface area contributed by atoms with E-state index < -0.39 is 29.4 Å². The Morgan fingerprint density at radius 1 is 0.673 bits per heavy atom. The average Bonchev–Trinajstić information content (AvgIpc) is 2.97. The summed E-state index contributed by atoms with van der Waals surface area (Å²) in [6.45, 7) is 17.6. The van der Waals surface area contributed by atoms with Gasteiger partial charge in [-0.05, 0) is 214 Å². The third-order valence-corrected chi connectivity index (χ3v) is 10.1. The van der Waals surface area contributed by atoms with Crippen LogP contribution >= 0.6 is 90.4 Å². The fraction of sp³-hybridized carbons (Fsp3) is 0.500. The summed E-state index contributed by atoms with van der Waals surface area (Å²) < 4.78 is 19.4.